The van der Waals surface area contributed by atoms with E-state index >= 15 is 0 Å². The van der Waals surface area contributed by atoms with Gasteiger partial charge in [0.2, 0.25) is 0 Å². The summed E-state index contributed by atoms with van der Waals surface area (Å²) in [6.07, 6.45) is 7.20. The zero-order chi connectivity index (χ0) is 16.2. The Labute approximate surface area is 129 Å². The van der Waals surface area contributed by atoms with Crippen LogP contribution in [0.3, 0.4) is 0 Å². The standard InChI is InChI=1S/C17H18O5/c1-20-14-5-4-12(8-11-18)15(16(14)21-2)17(22-3)9-6-13(19)7-10-17/h4-7,9-11H,8H2,1-3H3. The van der Waals surface area contributed by atoms with Gasteiger partial charge in [-0.3, -0.25) is 4.79 Å². The van der Waals surface area contributed by atoms with Crippen molar-refractivity contribution < 1.29 is 23.8 Å². The second-order valence-electron chi connectivity index (χ2n) is 4.77. The summed E-state index contributed by atoms with van der Waals surface area (Å²) in [4.78, 5) is 22.5. The molecule has 0 aliphatic heterocycles. The summed E-state index contributed by atoms with van der Waals surface area (Å²) in [7, 11) is 4.60. The number of rotatable bonds is 6. The van der Waals surface area contributed by atoms with Crippen molar-refractivity contribution in [3.8, 4) is 11.5 Å². The Kier molecular flexibility index (Phi) is 4.78. The van der Waals surface area contributed by atoms with Crippen LogP contribution in [0.1, 0.15) is 11.1 Å². The van der Waals surface area contributed by atoms with Crippen molar-refractivity contribution >= 4 is 12.1 Å². The van der Waals surface area contributed by atoms with Gasteiger partial charge in [0, 0.05) is 19.1 Å². The first-order chi connectivity index (χ1) is 10.6. The third kappa shape index (κ3) is 2.67. The van der Waals surface area contributed by atoms with E-state index in [9.17, 15) is 9.59 Å². The van der Waals surface area contributed by atoms with Gasteiger partial charge in [0.1, 0.15) is 11.9 Å². The van der Waals surface area contributed by atoms with Gasteiger partial charge >= 0.3 is 0 Å². The Hall–Kier alpha value is -2.40. The van der Waals surface area contributed by atoms with Crippen LogP contribution in [0.2, 0.25) is 0 Å². The minimum Gasteiger partial charge on any atom is -0.493 e. The number of carbonyl (C=O) groups is 2. The first-order valence-corrected chi connectivity index (χ1v) is 6.77. The maximum atomic E-state index is 11.4. The molecule has 1 aliphatic carbocycles. The molecular weight excluding hydrogens is 284 g/mol. The average molecular weight is 302 g/mol. The SMILES string of the molecule is COc1ccc(CC=O)c(C2(OC)C=CC(=O)C=C2)c1OC. The number of aldehydes is 1. The molecule has 0 spiro atoms. The van der Waals surface area contributed by atoms with Crippen molar-refractivity contribution in [3.63, 3.8) is 0 Å². The molecule has 22 heavy (non-hydrogen) atoms. The van der Waals surface area contributed by atoms with Crippen LogP contribution < -0.4 is 9.47 Å². The second-order valence-corrected chi connectivity index (χ2v) is 4.77. The number of carbonyl (C=O) groups excluding carboxylic acids is 2. The molecule has 0 radical (unpaired) electrons. The van der Waals surface area contributed by atoms with Gasteiger partial charge in [-0.1, -0.05) is 6.07 Å². The highest BCUT2D eigenvalue weighted by Gasteiger charge is 2.35. The maximum Gasteiger partial charge on any atom is 0.178 e. The molecule has 5 heteroatoms. The largest absolute Gasteiger partial charge is 0.493 e. The third-order valence-electron chi connectivity index (χ3n) is 3.65. The van der Waals surface area contributed by atoms with Crippen molar-refractivity contribution in [2.24, 2.45) is 0 Å². The number of hydrogen-bond acceptors (Lipinski definition) is 5. The Balaban J connectivity index is 2.74. The molecule has 116 valence electrons. The number of ether oxygens (including phenoxy) is 3. The maximum absolute atomic E-state index is 11.4. The van der Waals surface area contributed by atoms with Crippen LogP contribution >= 0.6 is 0 Å². The van der Waals surface area contributed by atoms with Crippen LogP contribution in [0.5, 0.6) is 11.5 Å². The molecule has 0 bridgehead atoms. The number of methoxy groups -OCH3 is 3. The van der Waals surface area contributed by atoms with Gasteiger partial charge in [0.05, 0.1) is 14.2 Å². The first-order valence-electron chi connectivity index (χ1n) is 6.77. The van der Waals surface area contributed by atoms with E-state index in [0.29, 0.717) is 17.1 Å². The molecular formula is C17H18O5. The van der Waals surface area contributed by atoms with Crippen molar-refractivity contribution in [1.29, 1.82) is 0 Å². The zero-order valence-electron chi connectivity index (χ0n) is 12.8. The summed E-state index contributed by atoms with van der Waals surface area (Å²) < 4.78 is 16.5. The summed E-state index contributed by atoms with van der Waals surface area (Å²) in [5.74, 6) is 0.890. The predicted octanol–water partition coefficient (Wildman–Crippen LogP) is 1.98. The van der Waals surface area contributed by atoms with Crippen LogP contribution in [0.15, 0.2) is 36.4 Å². The van der Waals surface area contributed by atoms with Gasteiger partial charge in [-0.2, -0.15) is 0 Å². The summed E-state index contributed by atoms with van der Waals surface area (Å²) in [5.41, 5.74) is 0.425. The van der Waals surface area contributed by atoms with Gasteiger partial charge in [0.25, 0.3) is 0 Å². The molecule has 1 aromatic carbocycles. The summed E-state index contributed by atoms with van der Waals surface area (Å²) in [5, 5.41) is 0. The minimum absolute atomic E-state index is 0.119. The van der Waals surface area contributed by atoms with Crippen LogP contribution in [-0.2, 0) is 26.3 Å². The van der Waals surface area contributed by atoms with E-state index in [1.54, 1.807) is 24.3 Å². The van der Waals surface area contributed by atoms with E-state index in [1.807, 2.05) is 0 Å². The monoisotopic (exact) mass is 302 g/mol. The van der Waals surface area contributed by atoms with Crippen LogP contribution in [0, 0.1) is 0 Å². The Morgan fingerprint density at radius 2 is 1.77 bits per heavy atom. The lowest BCUT2D eigenvalue weighted by Crippen LogP contribution is -2.28. The fraction of sp³-hybridized carbons (Fsp3) is 0.294. The third-order valence-corrected chi connectivity index (χ3v) is 3.65. The van der Waals surface area contributed by atoms with Crippen molar-refractivity contribution in [3.05, 3.63) is 47.6 Å². The molecule has 0 unspecified atom stereocenters. The van der Waals surface area contributed by atoms with Crippen molar-refractivity contribution in [1.82, 2.24) is 0 Å². The molecule has 0 saturated carbocycles. The van der Waals surface area contributed by atoms with Crippen LogP contribution in [0.4, 0.5) is 0 Å². The molecule has 0 amide bonds. The average Bonchev–Trinajstić information content (AvgIpc) is 2.56. The predicted molar refractivity (Wildman–Crippen MR) is 81.3 cm³/mol. The van der Waals surface area contributed by atoms with E-state index in [-0.39, 0.29) is 12.2 Å². The Bertz CT molecular complexity index is 627. The normalized spacial score (nSPS) is 15.7. The fourth-order valence-electron chi connectivity index (χ4n) is 2.58. The molecule has 0 saturated heterocycles. The lowest BCUT2D eigenvalue weighted by atomic mass is 9.84. The topological polar surface area (TPSA) is 61.8 Å². The smallest absolute Gasteiger partial charge is 0.178 e. The number of hydrogen-bond donors (Lipinski definition) is 0. The lowest BCUT2D eigenvalue weighted by Gasteiger charge is -2.32. The Morgan fingerprint density at radius 1 is 1.09 bits per heavy atom. The molecule has 1 aromatic rings. The summed E-state index contributed by atoms with van der Waals surface area (Å²) in [6.45, 7) is 0. The number of benzene rings is 1. The Morgan fingerprint density at radius 3 is 2.27 bits per heavy atom. The quantitative estimate of drug-likeness (QED) is 0.752. The van der Waals surface area contributed by atoms with E-state index in [2.05, 4.69) is 0 Å². The highest BCUT2D eigenvalue weighted by molar-refractivity contribution is 6.00. The molecule has 5 nitrogen and oxygen atoms in total. The van der Waals surface area contributed by atoms with Gasteiger partial charge in [-0.05, 0) is 35.9 Å². The number of allylic oxidation sites excluding steroid dienone is 2. The molecule has 0 heterocycles. The molecule has 0 N–H and O–H groups in total. The number of ketones is 1. The van der Waals surface area contributed by atoms with E-state index < -0.39 is 5.60 Å². The van der Waals surface area contributed by atoms with E-state index in [0.717, 1.165) is 11.8 Å². The molecule has 1 aliphatic rings. The van der Waals surface area contributed by atoms with Crippen molar-refractivity contribution in [2.45, 2.75) is 12.0 Å². The highest BCUT2D eigenvalue weighted by Crippen LogP contribution is 2.44. The molecule has 2 rings (SSSR count). The van der Waals surface area contributed by atoms with Gasteiger partial charge in [-0.25, -0.2) is 0 Å². The van der Waals surface area contributed by atoms with E-state index in [1.165, 1.54) is 33.5 Å². The highest BCUT2D eigenvalue weighted by atomic mass is 16.5. The molecule has 0 aromatic heterocycles. The van der Waals surface area contributed by atoms with Crippen LogP contribution in [-0.4, -0.2) is 33.4 Å². The second kappa shape index (κ2) is 6.58. The van der Waals surface area contributed by atoms with Crippen LogP contribution in [0.25, 0.3) is 0 Å². The van der Waals surface area contributed by atoms with E-state index in [4.69, 9.17) is 14.2 Å². The zero-order valence-corrected chi connectivity index (χ0v) is 12.8. The molecule has 0 fully saturated rings. The minimum atomic E-state index is -0.980. The fourth-order valence-corrected chi connectivity index (χ4v) is 2.58. The van der Waals surface area contributed by atoms with Gasteiger partial charge in [0.15, 0.2) is 17.3 Å². The first kappa shape index (κ1) is 16.0. The summed E-state index contributed by atoms with van der Waals surface area (Å²) >= 11 is 0. The van der Waals surface area contributed by atoms with Gasteiger partial charge < -0.3 is 19.0 Å². The van der Waals surface area contributed by atoms with Gasteiger partial charge in [-0.15, -0.1) is 0 Å². The summed E-state index contributed by atoms with van der Waals surface area (Å²) in [6, 6.07) is 3.54. The van der Waals surface area contributed by atoms with Crippen molar-refractivity contribution in [2.75, 3.05) is 21.3 Å². The molecule has 0 atom stereocenters. The lowest BCUT2D eigenvalue weighted by molar-refractivity contribution is -0.111.